The topological polar surface area (TPSA) is 78.1 Å². The first-order chi connectivity index (χ1) is 8.33. The number of nitrogens with one attached hydrogen (secondary N) is 1. The highest BCUT2D eigenvalue weighted by Gasteiger charge is 2.14. The number of methoxy groups -OCH3 is 1. The van der Waals surface area contributed by atoms with Crippen LogP contribution >= 0.6 is 24.0 Å². The minimum atomic E-state index is 0. The fourth-order valence-electron chi connectivity index (χ4n) is 1.54. The third kappa shape index (κ3) is 8.90. The molecule has 0 aliphatic carbocycles. The van der Waals surface area contributed by atoms with Crippen molar-refractivity contribution in [2.45, 2.75) is 18.9 Å². The molecule has 0 aromatic heterocycles. The zero-order valence-corrected chi connectivity index (χ0v) is 13.2. The highest BCUT2D eigenvalue weighted by Crippen LogP contribution is 2.11. The van der Waals surface area contributed by atoms with Gasteiger partial charge in [0.2, 0.25) is 0 Å². The summed E-state index contributed by atoms with van der Waals surface area (Å²) in [4.78, 5) is 4.22. The normalized spacial score (nSPS) is 19.6. The molecule has 1 heterocycles. The lowest BCUT2D eigenvalue weighted by Crippen LogP contribution is -2.35. The van der Waals surface area contributed by atoms with E-state index in [-0.39, 0.29) is 30.1 Å². The van der Waals surface area contributed by atoms with Crippen LogP contribution < -0.4 is 11.1 Å². The van der Waals surface area contributed by atoms with E-state index in [0.29, 0.717) is 38.9 Å². The summed E-state index contributed by atoms with van der Waals surface area (Å²) >= 11 is 0. The summed E-state index contributed by atoms with van der Waals surface area (Å²) < 4.78 is 15.6. The second-order valence-electron chi connectivity index (χ2n) is 3.89. The standard InChI is InChI=1S/C11H23N3O3.HI/c1-15-7-8-16-6-4-13-11(12)14-9-10-3-2-5-17-10;/h10H,2-9H2,1H3,(H3,12,13,14);1H. The predicted molar refractivity (Wildman–Crippen MR) is 81.6 cm³/mol. The van der Waals surface area contributed by atoms with Crippen molar-refractivity contribution in [2.75, 3.05) is 46.6 Å². The number of guanidine groups is 1. The van der Waals surface area contributed by atoms with Crippen LogP contribution in [0, 0.1) is 0 Å². The lowest BCUT2D eigenvalue weighted by molar-refractivity contribution is 0.0733. The molecule has 1 aliphatic rings. The smallest absolute Gasteiger partial charge is 0.188 e. The molecule has 1 atom stereocenters. The Morgan fingerprint density at radius 2 is 2.28 bits per heavy atom. The Labute approximate surface area is 126 Å². The number of hydrogen-bond acceptors (Lipinski definition) is 4. The van der Waals surface area contributed by atoms with Gasteiger partial charge in [0.1, 0.15) is 0 Å². The van der Waals surface area contributed by atoms with Crippen LogP contribution in [0.15, 0.2) is 4.99 Å². The molecule has 3 N–H and O–H groups in total. The third-order valence-electron chi connectivity index (χ3n) is 2.47. The first kappa shape index (κ1) is 17.9. The molecule has 0 spiro atoms. The van der Waals surface area contributed by atoms with Crippen LogP contribution in [-0.2, 0) is 14.2 Å². The summed E-state index contributed by atoms with van der Waals surface area (Å²) in [6.45, 7) is 3.96. The molecule has 0 aromatic carbocycles. The fraction of sp³-hybridized carbons (Fsp3) is 0.909. The largest absolute Gasteiger partial charge is 0.382 e. The van der Waals surface area contributed by atoms with Gasteiger partial charge >= 0.3 is 0 Å². The number of hydrogen-bond donors (Lipinski definition) is 2. The zero-order valence-electron chi connectivity index (χ0n) is 10.9. The lowest BCUT2D eigenvalue weighted by Gasteiger charge is -2.08. The van der Waals surface area contributed by atoms with Crippen LogP contribution in [-0.4, -0.2) is 58.7 Å². The monoisotopic (exact) mass is 373 g/mol. The van der Waals surface area contributed by atoms with Crippen LogP contribution in [0.2, 0.25) is 0 Å². The first-order valence-corrected chi connectivity index (χ1v) is 6.05. The van der Waals surface area contributed by atoms with Crippen molar-refractivity contribution in [3.8, 4) is 0 Å². The molecule has 0 aromatic rings. The number of aliphatic imine (C=N–C) groups is 1. The van der Waals surface area contributed by atoms with Crippen LogP contribution in [0.1, 0.15) is 12.8 Å². The highest BCUT2D eigenvalue weighted by molar-refractivity contribution is 14.0. The average Bonchev–Trinajstić information content (AvgIpc) is 2.84. The SMILES string of the molecule is COCCOCCNC(N)=NCC1CCCO1.I. The van der Waals surface area contributed by atoms with Crippen molar-refractivity contribution in [1.82, 2.24) is 5.32 Å². The summed E-state index contributed by atoms with van der Waals surface area (Å²) in [5.41, 5.74) is 5.70. The van der Waals surface area contributed by atoms with Crippen molar-refractivity contribution in [2.24, 2.45) is 10.7 Å². The van der Waals surface area contributed by atoms with Crippen molar-refractivity contribution in [3.05, 3.63) is 0 Å². The molecular formula is C11H24IN3O3. The van der Waals surface area contributed by atoms with E-state index in [0.717, 1.165) is 19.4 Å². The van der Waals surface area contributed by atoms with Gasteiger partial charge in [0, 0.05) is 20.3 Å². The van der Waals surface area contributed by atoms with Gasteiger partial charge in [-0.15, -0.1) is 24.0 Å². The molecule has 1 unspecified atom stereocenters. The first-order valence-electron chi connectivity index (χ1n) is 6.05. The zero-order chi connectivity index (χ0) is 12.3. The molecule has 18 heavy (non-hydrogen) atoms. The maximum Gasteiger partial charge on any atom is 0.188 e. The predicted octanol–water partition coefficient (Wildman–Crippen LogP) is 0.351. The van der Waals surface area contributed by atoms with Crippen LogP contribution in [0.5, 0.6) is 0 Å². The van der Waals surface area contributed by atoms with Crippen molar-refractivity contribution >= 4 is 29.9 Å². The molecule has 1 saturated heterocycles. The Balaban J connectivity index is 0.00000289. The van der Waals surface area contributed by atoms with Crippen molar-refractivity contribution < 1.29 is 14.2 Å². The van der Waals surface area contributed by atoms with Gasteiger partial charge in [0.25, 0.3) is 0 Å². The average molecular weight is 373 g/mol. The van der Waals surface area contributed by atoms with Crippen LogP contribution in [0.25, 0.3) is 0 Å². The van der Waals surface area contributed by atoms with Gasteiger partial charge in [-0.1, -0.05) is 0 Å². The van der Waals surface area contributed by atoms with Crippen molar-refractivity contribution in [3.63, 3.8) is 0 Å². The van der Waals surface area contributed by atoms with Gasteiger partial charge in [0.05, 0.1) is 32.5 Å². The van der Waals surface area contributed by atoms with E-state index in [4.69, 9.17) is 19.9 Å². The minimum Gasteiger partial charge on any atom is -0.382 e. The molecule has 1 rings (SSSR count). The Hall–Kier alpha value is -0.120. The number of nitrogens with zero attached hydrogens (tertiary/aromatic N) is 1. The van der Waals surface area contributed by atoms with Gasteiger partial charge in [-0.3, -0.25) is 4.99 Å². The Morgan fingerprint density at radius 1 is 1.44 bits per heavy atom. The van der Waals surface area contributed by atoms with E-state index < -0.39 is 0 Å². The fourth-order valence-corrected chi connectivity index (χ4v) is 1.54. The van der Waals surface area contributed by atoms with Gasteiger partial charge in [0.15, 0.2) is 5.96 Å². The number of rotatable bonds is 8. The molecular weight excluding hydrogens is 349 g/mol. The van der Waals surface area contributed by atoms with E-state index in [1.807, 2.05) is 0 Å². The van der Waals surface area contributed by atoms with Crippen molar-refractivity contribution in [1.29, 1.82) is 0 Å². The quantitative estimate of drug-likeness (QED) is 0.278. The van der Waals surface area contributed by atoms with Gasteiger partial charge in [-0.25, -0.2) is 0 Å². The van der Waals surface area contributed by atoms with E-state index in [1.165, 1.54) is 0 Å². The summed E-state index contributed by atoms with van der Waals surface area (Å²) in [6, 6.07) is 0. The van der Waals surface area contributed by atoms with E-state index in [9.17, 15) is 0 Å². The maximum absolute atomic E-state index is 5.70. The second kappa shape index (κ2) is 11.9. The Morgan fingerprint density at radius 3 is 2.94 bits per heavy atom. The molecule has 0 saturated carbocycles. The van der Waals surface area contributed by atoms with E-state index in [1.54, 1.807) is 7.11 Å². The van der Waals surface area contributed by atoms with Gasteiger partial charge in [-0.05, 0) is 12.8 Å². The summed E-state index contributed by atoms with van der Waals surface area (Å²) in [6.07, 6.45) is 2.45. The summed E-state index contributed by atoms with van der Waals surface area (Å²) in [5.74, 6) is 0.454. The Bertz CT molecular complexity index is 224. The molecule has 0 amide bonds. The molecule has 1 aliphatic heterocycles. The summed E-state index contributed by atoms with van der Waals surface area (Å²) in [5, 5.41) is 2.99. The maximum atomic E-state index is 5.70. The lowest BCUT2D eigenvalue weighted by atomic mass is 10.2. The summed E-state index contributed by atoms with van der Waals surface area (Å²) in [7, 11) is 1.65. The Kier molecular flexibility index (Phi) is 11.9. The molecule has 7 heteroatoms. The van der Waals surface area contributed by atoms with Gasteiger partial charge in [-0.2, -0.15) is 0 Å². The number of ether oxygens (including phenoxy) is 3. The molecule has 108 valence electrons. The molecule has 0 radical (unpaired) electrons. The minimum absolute atomic E-state index is 0. The van der Waals surface area contributed by atoms with E-state index in [2.05, 4.69) is 10.3 Å². The molecule has 6 nitrogen and oxygen atoms in total. The number of nitrogens with two attached hydrogens (primary N) is 1. The van der Waals surface area contributed by atoms with Crippen LogP contribution in [0.4, 0.5) is 0 Å². The molecule has 0 bridgehead atoms. The molecule has 1 fully saturated rings. The highest BCUT2D eigenvalue weighted by atomic mass is 127. The number of halogens is 1. The van der Waals surface area contributed by atoms with Crippen LogP contribution in [0.3, 0.4) is 0 Å². The van der Waals surface area contributed by atoms with E-state index >= 15 is 0 Å². The third-order valence-corrected chi connectivity index (χ3v) is 2.47. The second-order valence-corrected chi connectivity index (χ2v) is 3.89. The van der Waals surface area contributed by atoms with Gasteiger partial charge < -0.3 is 25.3 Å².